The van der Waals surface area contributed by atoms with E-state index in [4.69, 9.17) is 5.53 Å². The third kappa shape index (κ3) is 3.28. The number of carbonyl (C=O) groups excluding carboxylic acids is 1. The molecular formula is C15H22N6O3S. The first-order valence-electron chi connectivity index (χ1n) is 8.36. The molecule has 0 aromatic rings. The van der Waals surface area contributed by atoms with Crippen LogP contribution in [-0.2, 0) is 9.59 Å². The van der Waals surface area contributed by atoms with Crippen molar-refractivity contribution >= 4 is 30.0 Å². The zero-order chi connectivity index (χ0) is 18.2. The second-order valence-electron chi connectivity index (χ2n) is 7.20. The van der Waals surface area contributed by atoms with Crippen LogP contribution in [-0.4, -0.2) is 75.0 Å². The molecule has 0 aliphatic carbocycles. The normalized spacial score (nSPS) is 31.6. The Labute approximate surface area is 150 Å². The van der Waals surface area contributed by atoms with Crippen molar-refractivity contribution in [2.24, 2.45) is 16.0 Å². The molecule has 0 aromatic carbocycles. The number of carboxylic acid groups (broad SMARTS) is 1. The maximum absolute atomic E-state index is 12.4. The van der Waals surface area contributed by atoms with E-state index in [1.54, 1.807) is 6.34 Å². The Kier molecular flexibility index (Phi) is 4.83. The number of amides is 1. The SMILES string of the molecule is CC1(C)S[C@@H]2[C@H](N=CN3CCC(CN=[N+]=[N-])CC3)C(=O)N2[C@H]1C(=O)O. The van der Waals surface area contributed by atoms with E-state index in [0.717, 1.165) is 25.9 Å². The first kappa shape index (κ1) is 17.9. The van der Waals surface area contributed by atoms with Crippen molar-refractivity contribution in [2.45, 2.75) is 48.9 Å². The Bertz CT molecular complexity index is 639. The molecule has 3 fully saturated rings. The van der Waals surface area contributed by atoms with Crippen LogP contribution >= 0.6 is 11.8 Å². The summed E-state index contributed by atoms with van der Waals surface area (Å²) in [5.41, 5.74) is 8.37. The average molecular weight is 366 g/mol. The lowest BCUT2D eigenvalue weighted by Crippen LogP contribution is -2.65. The van der Waals surface area contributed by atoms with E-state index >= 15 is 0 Å². The number of aliphatic imine (C=N–C) groups is 1. The maximum Gasteiger partial charge on any atom is 0.327 e. The number of azide groups is 1. The number of hydrogen-bond donors (Lipinski definition) is 1. The predicted molar refractivity (Wildman–Crippen MR) is 94.3 cm³/mol. The van der Waals surface area contributed by atoms with Gasteiger partial charge in [0, 0.05) is 29.3 Å². The first-order chi connectivity index (χ1) is 11.8. The Morgan fingerprint density at radius 1 is 1.48 bits per heavy atom. The van der Waals surface area contributed by atoms with Crippen molar-refractivity contribution in [1.29, 1.82) is 0 Å². The molecular weight excluding hydrogens is 344 g/mol. The molecule has 3 aliphatic rings. The third-order valence-electron chi connectivity index (χ3n) is 5.09. The smallest absolute Gasteiger partial charge is 0.327 e. The van der Waals surface area contributed by atoms with Crippen LogP contribution < -0.4 is 0 Å². The van der Waals surface area contributed by atoms with E-state index in [1.165, 1.54) is 16.7 Å². The summed E-state index contributed by atoms with van der Waals surface area (Å²) in [6.45, 7) is 5.89. The standard InChI is InChI=1S/C15H22N6O3S/c1-15(2)11(14(23)24)21-12(22)10(13(21)25-15)17-8-20-5-3-9(4-6-20)7-18-19-16/h8-11,13H,3-7H2,1-2H3,(H,23,24)/t10-,11+,13-/m1/s1. The van der Waals surface area contributed by atoms with Crippen molar-refractivity contribution in [2.75, 3.05) is 19.6 Å². The number of nitrogens with zero attached hydrogens (tertiary/aromatic N) is 6. The van der Waals surface area contributed by atoms with Crippen molar-refractivity contribution in [3.8, 4) is 0 Å². The number of β-lactam (4-membered cyclic amide) rings is 1. The minimum atomic E-state index is -0.960. The minimum absolute atomic E-state index is 0.192. The van der Waals surface area contributed by atoms with E-state index in [-0.39, 0.29) is 11.3 Å². The number of thioether (sulfide) groups is 1. The Hall–Kier alpha value is -1.93. The molecule has 3 rings (SSSR count). The minimum Gasteiger partial charge on any atom is -0.480 e. The summed E-state index contributed by atoms with van der Waals surface area (Å²) in [7, 11) is 0. The number of hydrogen-bond acceptors (Lipinski definition) is 5. The molecule has 0 aromatic heterocycles. The monoisotopic (exact) mass is 366 g/mol. The van der Waals surface area contributed by atoms with Gasteiger partial charge in [-0.2, -0.15) is 0 Å². The lowest BCUT2D eigenvalue weighted by atomic mass is 9.96. The first-order valence-corrected chi connectivity index (χ1v) is 9.24. The Balaban J connectivity index is 1.57. The number of aliphatic carboxylic acids is 1. The molecule has 0 radical (unpaired) electrons. The van der Waals surface area contributed by atoms with Gasteiger partial charge in [0.15, 0.2) is 6.04 Å². The quantitative estimate of drug-likeness (QED) is 0.197. The molecule has 0 bridgehead atoms. The van der Waals surface area contributed by atoms with E-state index in [0.29, 0.717) is 12.5 Å². The Morgan fingerprint density at radius 2 is 2.16 bits per heavy atom. The van der Waals surface area contributed by atoms with Crippen molar-refractivity contribution in [3.63, 3.8) is 0 Å². The number of likely N-dealkylation sites (tertiary alicyclic amines) is 1. The van der Waals surface area contributed by atoms with Crippen molar-refractivity contribution < 1.29 is 14.7 Å². The summed E-state index contributed by atoms with van der Waals surface area (Å²) in [5.74, 6) is -0.758. The maximum atomic E-state index is 12.4. The molecule has 136 valence electrons. The second-order valence-corrected chi connectivity index (χ2v) is 8.97. The highest BCUT2D eigenvalue weighted by Gasteiger charge is 2.63. The van der Waals surface area contributed by atoms with Gasteiger partial charge in [-0.25, -0.2) is 4.79 Å². The van der Waals surface area contributed by atoms with Crippen LogP contribution in [0.2, 0.25) is 0 Å². The zero-order valence-corrected chi connectivity index (χ0v) is 15.1. The van der Waals surface area contributed by atoms with Crippen LogP contribution in [0.3, 0.4) is 0 Å². The van der Waals surface area contributed by atoms with Gasteiger partial charge in [-0.15, -0.1) is 11.8 Å². The van der Waals surface area contributed by atoms with Gasteiger partial charge in [0.1, 0.15) is 11.4 Å². The highest BCUT2D eigenvalue weighted by Crippen LogP contribution is 2.51. The van der Waals surface area contributed by atoms with Crippen LogP contribution in [0.15, 0.2) is 10.1 Å². The van der Waals surface area contributed by atoms with Crippen molar-refractivity contribution in [3.05, 3.63) is 10.4 Å². The topological polar surface area (TPSA) is 122 Å². The van der Waals surface area contributed by atoms with Gasteiger partial charge in [-0.3, -0.25) is 9.79 Å². The second kappa shape index (κ2) is 6.76. The fourth-order valence-corrected chi connectivity index (χ4v) is 5.32. The van der Waals surface area contributed by atoms with Crippen LogP contribution in [0, 0.1) is 5.92 Å². The molecule has 25 heavy (non-hydrogen) atoms. The molecule has 9 nitrogen and oxygen atoms in total. The summed E-state index contributed by atoms with van der Waals surface area (Å²) >= 11 is 1.51. The summed E-state index contributed by atoms with van der Waals surface area (Å²) in [5, 5.41) is 12.8. The zero-order valence-electron chi connectivity index (χ0n) is 14.3. The highest BCUT2D eigenvalue weighted by atomic mass is 32.2. The van der Waals surface area contributed by atoms with Crippen LogP contribution in [0.25, 0.3) is 10.4 Å². The lowest BCUT2D eigenvalue weighted by Gasteiger charge is -2.41. The number of carboxylic acids is 1. The molecule has 3 saturated heterocycles. The summed E-state index contributed by atoms with van der Waals surface area (Å²) in [6.07, 6.45) is 3.59. The lowest BCUT2D eigenvalue weighted by molar-refractivity contribution is -0.158. The number of fused-ring (bicyclic) bond motifs is 1. The molecule has 0 spiro atoms. The van der Waals surface area contributed by atoms with Crippen LogP contribution in [0.1, 0.15) is 26.7 Å². The molecule has 3 aliphatic heterocycles. The van der Waals surface area contributed by atoms with E-state index in [1.807, 2.05) is 13.8 Å². The fourth-order valence-electron chi connectivity index (χ4n) is 3.70. The molecule has 1 amide bonds. The van der Waals surface area contributed by atoms with Gasteiger partial charge in [0.05, 0.1) is 6.34 Å². The van der Waals surface area contributed by atoms with Gasteiger partial charge in [0.2, 0.25) is 0 Å². The molecule has 10 heteroatoms. The van der Waals surface area contributed by atoms with Crippen LogP contribution in [0.4, 0.5) is 0 Å². The van der Waals surface area contributed by atoms with Crippen LogP contribution in [0.5, 0.6) is 0 Å². The molecule has 0 unspecified atom stereocenters. The molecule has 3 heterocycles. The van der Waals surface area contributed by atoms with Gasteiger partial charge in [0.25, 0.3) is 5.91 Å². The number of piperidine rings is 1. The highest BCUT2D eigenvalue weighted by molar-refractivity contribution is 8.01. The van der Waals surface area contributed by atoms with Crippen molar-refractivity contribution in [1.82, 2.24) is 9.80 Å². The number of rotatable bonds is 5. The number of carbonyl (C=O) groups is 2. The summed E-state index contributed by atoms with van der Waals surface area (Å²) in [6, 6.07) is -1.28. The summed E-state index contributed by atoms with van der Waals surface area (Å²) in [4.78, 5) is 34.6. The predicted octanol–water partition coefficient (Wildman–Crippen LogP) is 1.55. The molecule has 3 atom stereocenters. The van der Waals surface area contributed by atoms with E-state index in [2.05, 4.69) is 19.9 Å². The average Bonchev–Trinajstić information content (AvgIpc) is 2.82. The molecule has 0 saturated carbocycles. The van der Waals surface area contributed by atoms with Gasteiger partial charge >= 0.3 is 5.97 Å². The van der Waals surface area contributed by atoms with Gasteiger partial charge in [-0.05, 0) is 38.1 Å². The van der Waals surface area contributed by atoms with E-state index in [9.17, 15) is 14.7 Å². The van der Waals surface area contributed by atoms with Gasteiger partial charge in [-0.1, -0.05) is 5.11 Å². The largest absolute Gasteiger partial charge is 0.480 e. The Morgan fingerprint density at radius 3 is 2.76 bits per heavy atom. The van der Waals surface area contributed by atoms with Gasteiger partial charge < -0.3 is 14.9 Å². The van der Waals surface area contributed by atoms with E-state index < -0.39 is 22.8 Å². The third-order valence-corrected chi connectivity index (χ3v) is 6.65. The molecule has 1 N–H and O–H groups in total. The fraction of sp³-hybridized carbons (Fsp3) is 0.800. The summed E-state index contributed by atoms with van der Waals surface area (Å²) < 4.78 is -0.518.